The van der Waals surface area contributed by atoms with Crippen molar-refractivity contribution in [1.82, 2.24) is 14.8 Å². The van der Waals surface area contributed by atoms with E-state index in [0.717, 1.165) is 38.1 Å². The zero-order valence-corrected chi connectivity index (χ0v) is 18.2. The predicted molar refractivity (Wildman–Crippen MR) is 118 cm³/mol. The van der Waals surface area contributed by atoms with Crippen LogP contribution < -0.4 is 0 Å². The number of hydrogen-bond donors (Lipinski definition) is 1. The van der Waals surface area contributed by atoms with Gasteiger partial charge in [-0.2, -0.15) is 5.10 Å². The summed E-state index contributed by atoms with van der Waals surface area (Å²) in [6, 6.07) is 11.6. The molecule has 0 fully saturated rings. The Labute approximate surface area is 177 Å². The van der Waals surface area contributed by atoms with Crippen molar-refractivity contribution >= 4 is 32.8 Å². The summed E-state index contributed by atoms with van der Waals surface area (Å²) in [4.78, 5) is 16.8. The molecule has 0 saturated carbocycles. The highest BCUT2D eigenvalue weighted by Gasteiger charge is 2.18. The van der Waals surface area contributed by atoms with E-state index < -0.39 is 5.97 Å². The Morgan fingerprint density at radius 3 is 2.52 bits per heavy atom. The minimum absolute atomic E-state index is 0.230. The van der Waals surface area contributed by atoms with Gasteiger partial charge in [-0.15, -0.1) is 0 Å². The number of carboxylic acids is 1. The minimum Gasteiger partial charge on any atom is -0.478 e. The molecule has 5 nitrogen and oxygen atoms in total. The molecular weight excluding hydrogens is 430 g/mol. The average Bonchev–Trinajstić information content (AvgIpc) is 3.04. The molecule has 0 radical (unpaired) electrons. The maximum absolute atomic E-state index is 12.0. The van der Waals surface area contributed by atoms with Crippen LogP contribution in [0.15, 0.2) is 47.1 Å². The van der Waals surface area contributed by atoms with E-state index in [4.69, 9.17) is 4.98 Å². The van der Waals surface area contributed by atoms with Crippen LogP contribution in [0.2, 0.25) is 0 Å². The number of fused-ring (bicyclic) bond motifs is 1. The smallest absolute Gasteiger partial charge is 0.336 e. The fraction of sp³-hybridized carbons (Fsp3) is 0.174. The molecule has 4 aromatic rings. The molecular formula is C23H20BrN3O2. The molecule has 146 valence electrons. The van der Waals surface area contributed by atoms with Gasteiger partial charge in [-0.1, -0.05) is 28.1 Å². The first-order valence-corrected chi connectivity index (χ1v) is 10.0. The van der Waals surface area contributed by atoms with Crippen LogP contribution in [0.5, 0.6) is 0 Å². The summed E-state index contributed by atoms with van der Waals surface area (Å²) >= 11 is 3.45. The fourth-order valence-electron chi connectivity index (χ4n) is 3.62. The van der Waals surface area contributed by atoms with E-state index in [9.17, 15) is 9.90 Å². The van der Waals surface area contributed by atoms with Gasteiger partial charge in [0.2, 0.25) is 0 Å². The lowest BCUT2D eigenvalue weighted by atomic mass is 10.0. The number of aromatic carboxylic acids is 1. The Kier molecular flexibility index (Phi) is 4.74. The SMILES string of the molecule is Cc1ccc(C)c(-n2ncc(-c3cc(C(=O)O)c4cc(Br)cc(C)c4n3)c2C)c1. The van der Waals surface area contributed by atoms with Gasteiger partial charge in [0.1, 0.15) is 0 Å². The molecule has 29 heavy (non-hydrogen) atoms. The molecule has 0 bridgehead atoms. The molecule has 2 aromatic carbocycles. The summed E-state index contributed by atoms with van der Waals surface area (Å²) < 4.78 is 2.72. The van der Waals surface area contributed by atoms with Crippen LogP contribution >= 0.6 is 15.9 Å². The second kappa shape index (κ2) is 7.12. The molecule has 0 aliphatic heterocycles. The van der Waals surface area contributed by atoms with Crippen LogP contribution in [0.25, 0.3) is 27.8 Å². The molecule has 0 unspecified atom stereocenters. The van der Waals surface area contributed by atoms with E-state index >= 15 is 0 Å². The number of carboxylic acid groups (broad SMARTS) is 1. The van der Waals surface area contributed by atoms with Gasteiger partial charge in [-0.05, 0) is 68.7 Å². The maximum atomic E-state index is 12.0. The lowest BCUT2D eigenvalue weighted by Gasteiger charge is -2.11. The van der Waals surface area contributed by atoms with Crippen molar-refractivity contribution < 1.29 is 9.90 Å². The van der Waals surface area contributed by atoms with E-state index in [2.05, 4.69) is 39.2 Å². The highest BCUT2D eigenvalue weighted by atomic mass is 79.9. The Balaban J connectivity index is 1.96. The van der Waals surface area contributed by atoms with Gasteiger partial charge in [0.25, 0.3) is 0 Å². The highest BCUT2D eigenvalue weighted by Crippen LogP contribution is 2.31. The van der Waals surface area contributed by atoms with Crippen molar-refractivity contribution in [3.8, 4) is 16.9 Å². The van der Waals surface area contributed by atoms with E-state index in [-0.39, 0.29) is 5.56 Å². The summed E-state index contributed by atoms with van der Waals surface area (Å²) in [5.41, 5.74) is 7.44. The number of hydrogen-bond acceptors (Lipinski definition) is 3. The summed E-state index contributed by atoms with van der Waals surface area (Å²) in [7, 11) is 0. The van der Waals surface area contributed by atoms with Crippen molar-refractivity contribution in [1.29, 1.82) is 0 Å². The van der Waals surface area contributed by atoms with Gasteiger partial charge < -0.3 is 5.11 Å². The van der Waals surface area contributed by atoms with Gasteiger partial charge in [0.05, 0.1) is 34.4 Å². The third-order valence-corrected chi connectivity index (χ3v) is 5.64. The predicted octanol–water partition coefficient (Wildman–Crippen LogP) is 5.78. The van der Waals surface area contributed by atoms with Crippen molar-refractivity contribution in [3.63, 3.8) is 0 Å². The van der Waals surface area contributed by atoms with Gasteiger partial charge in [-0.25, -0.2) is 14.5 Å². The summed E-state index contributed by atoms with van der Waals surface area (Å²) in [6.07, 6.45) is 1.76. The Bertz CT molecular complexity index is 1290. The average molecular weight is 450 g/mol. The molecule has 1 N–H and O–H groups in total. The zero-order chi connectivity index (χ0) is 20.9. The van der Waals surface area contributed by atoms with Crippen LogP contribution in [-0.2, 0) is 0 Å². The quantitative estimate of drug-likeness (QED) is 0.430. The second-order valence-corrected chi connectivity index (χ2v) is 8.24. The normalized spacial score (nSPS) is 11.2. The lowest BCUT2D eigenvalue weighted by Crippen LogP contribution is -2.03. The van der Waals surface area contributed by atoms with Crippen molar-refractivity contribution in [2.45, 2.75) is 27.7 Å². The fourth-order valence-corrected chi connectivity index (χ4v) is 4.20. The third-order valence-electron chi connectivity index (χ3n) is 5.18. The number of aryl methyl sites for hydroxylation is 3. The summed E-state index contributed by atoms with van der Waals surface area (Å²) in [5, 5.41) is 15.0. The molecule has 0 aliphatic carbocycles. The van der Waals surface area contributed by atoms with Gasteiger partial charge in [0, 0.05) is 15.4 Å². The largest absolute Gasteiger partial charge is 0.478 e. The van der Waals surface area contributed by atoms with Crippen LogP contribution in [0, 0.1) is 27.7 Å². The number of halogens is 1. The van der Waals surface area contributed by atoms with E-state index in [0.29, 0.717) is 16.6 Å². The standard InChI is InChI=1S/C23H20BrN3O2/c1-12-5-6-13(2)21(7-12)27-15(4)19(11-25-27)20-10-18(23(28)29)17-9-16(24)8-14(3)22(17)26-20/h5-11H,1-4H3,(H,28,29). The Morgan fingerprint density at radius 2 is 1.79 bits per heavy atom. The first-order chi connectivity index (χ1) is 13.8. The molecule has 0 atom stereocenters. The second-order valence-electron chi connectivity index (χ2n) is 7.32. The lowest BCUT2D eigenvalue weighted by molar-refractivity contribution is 0.0699. The van der Waals surface area contributed by atoms with Crippen LogP contribution in [0.3, 0.4) is 0 Å². The van der Waals surface area contributed by atoms with Crippen LogP contribution in [0.4, 0.5) is 0 Å². The molecule has 0 spiro atoms. The number of pyridine rings is 1. The molecule has 0 amide bonds. The van der Waals surface area contributed by atoms with Crippen LogP contribution in [-0.4, -0.2) is 25.8 Å². The van der Waals surface area contributed by atoms with Gasteiger partial charge >= 0.3 is 5.97 Å². The number of benzene rings is 2. The number of nitrogens with zero attached hydrogens (tertiary/aromatic N) is 3. The monoisotopic (exact) mass is 449 g/mol. The number of carbonyl (C=O) groups is 1. The van der Waals surface area contributed by atoms with Gasteiger partial charge in [-0.3, -0.25) is 0 Å². The van der Waals surface area contributed by atoms with Crippen molar-refractivity contribution in [2.24, 2.45) is 0 Å². The number of rotatable bonds is 3. The molecule has 4 rings (SSSR count). The van der Waals surface area contributed by atoms with Crippen LogP contribution in [0.1, 0.15) is 32.7 Å². The first kappa shape index (κ1) is 19.3. The van der Waals surface area contributed by atoms with E-state index in [1.165, 1.54) is 0 Å². The summed E-state index contributed by atoms with van der Waals surface area (Å²) in [6.45, 7) is 8.01. The molecule has 2 heterocycles. The van der Waals surface area contributed by atoms with Crippen molar-refractivity contribution in [2.75, 3.05) is 0 Å². The Hall–Kier alpha value is -2.99. The van der Waals surface area contributed by atoms with Gasteiger partial charge in [0.15, 0.2) is 0 Å². The topological polar surface area (TPSA) is 68.0 Å². The molecule has 0 aliphatic rings. The van der Waals surface area contributed by atoms with E-state index in [1.54, 1.807) is 18.3 Å². The number of aromatic nitrogens is 3. The Morgan fingerprint density at radius 1 is 1.03 bits per heavy atom. The minimum atomic E-state index is -0.976. The molecule has 2 aromatic heterocycles. The highest BCUT2D eigenvalue weighted by molar-refractivity contribution is 9.10. The zero-order valence-electron chi connectivity index (χ0n) is 16.6. The third kappa shape index (κ3) is 3.34. The summed E-state index contributed by atoms with van der Waals surface area (Å²) in [5.74, 6) is -0.976. The van der Waals surface area contributed by atoms with Crippen molar-refractivity contribution in [3.05, 3.63) is 75.0 Å². The first-order valence-electron chi connectivity index (χ1n) is 9.23. The molecule has 0 saturated heterocycles. The van der Waals surface area contributed by atoms with E-state index in [1.807, 2.05) is 38.4 Å². The molecule has 6 heteroatoms. The maximum Gasteiger partial charge on any atom is 0.336 e.